The van der Waals surface area contributed by atoms with E-state index in [2.05, 4.69) is 5.32 Å². The molecule has 0 saturated carbocycles. The number of hydrogen-bond donors (Lipinski definition) is 2. The first-order valence-electron chi connectivity index (χ1n) is 8.97. The van der Waals surface area contributed by atoms with Crippen LogP contribution in [0, 0.1) is 11.8 Å². The zero-order valence-electron chi connectivity index (χ0n) is 15.2. The maximum atomic E-state index is 13.0. The van der Waals surface area contributed by atoms with Gasteiger partial charge in [-0.1, -0.05) is 54.6 Å². The predicted octanol–water partition coefficient (Wildman–Crippen LogP) is 3.57. The van der Waals surface area contributed by atoms with Gasteiger partial charge in [0.15, 0.2) is 0 Å². The van der Waals surface area contributed by atoms with Crippen LogP contribution in [-0.2, 0) is 9.59 Å². The van der Waals surface area contributed by atoms with Crippen LogP contribution in [0.1, 0.15) is 30.0 Å². The standard InChI is InChI=1S/C22H23NO4/c1-27-17-13-11-16(12-14-17)20(15-7-3-2-4-8-15)23-21(24)18-9-5-6-10-19(18)22(25)26/h2-8,11-14,18-20H,9-10H2,1H3,(H,23,24)(H,25,26)/t18-,19+,20-/m1/s1. The third-order valence-corrected chi connectivity index (χ3v) is 4.96. The van der Waals surface area contributed by atoms with Gasteiger partial charge < -0.3 is 15.2 Å². The third kappa shape index (κ3) is 4.37. The lowest BCUT2D eigenvalue weighted by molar-refractivity contribution is -0.147. The molecule has 3 rings (SSSR count). The van der Waals surface area contributed by atoms with Gasteiger partial charge in [-0.05, 0) is 36.1 Å². The molecular formula is C22H23NO4. The van der Waals surface area contributed by atoms with Gasteiger partial charge in [0.2, 0.25) is 5.91 Å². The average Bonchev–Trinajstić information content (AvgIpc) is 2.72. The number of benzene rings is 2. The Labute approximate surface area is 158 Å². The molecule has 0 spiro atoms. The van der Waals surface area contributed by atoms with Crippen molar-refractivity contribution in [3.05, 3.63) is 77.9 Å². The van der Waals surface area contributed by atoms with Crippen molar-refractivity contribution < 1.29 is 19.4 Å². The molecular weight excluding hydrogens is 342 g/mol. The molecule has 5 heteroatoms. The fraction of sp³-hybridized carbons (Fsp3) is 0.273. The molecule has 0 aromatic heterocycles. The highest BCUT2D eigenvalue weighted by atomic mass is 16.5. The Bertz CT molecular complexity index is 814. The minimum Gasteiger partial charge on any atom is -0.497 e. The van der Waals surface area contributed by atoms with E-state index < -0.39 is 17.8 Å². The van der Waals surface area contributed by atoms with Gasteiger partial charge >= 0.3 is 5.97 Å². The van der Waals surface area contributed by atoms with E-state index in [1.165, 1.54) is 0 Å². The van der Waals surface area contributed by atoms with Crippen LogP contribution in [0.25, 0.3) is 0 Å². The Balaban J connectivity index is 1.88. The van der Waals surface area contributed by atoms with E-state index in [-0.39, 0.29) is 11.9 Å². The number of allylic oxidation sites excluding steroid dienone is 2. The molecule has 140 valence electrons. The van der Waals surface area contributed by atoms with Crippen molar-refractivity contribution in [1.29, 1.82) is 0 Å². The normalized spacial score (nSPS) is 19.9. The summed E-state index contributed by atoms with van der Waals surface area (Å²) in [6.45, 7) is 0. The average molecular weight is 365 g/mol. The van der Waals surface area contributed by atoms with Crippen molar-refractivity contribution in [3.8, 4) is 5.75 Å². The number of amides is 1. The van der Waals surface area contributed by atoms with E-state index in [1.54, 1.807) is 7.11 Å². The maximum Gasteiger partial charge on any atom is 0.307 e. The molecule has 5 nitrogen and oxygen atoms in total. The summed E-state index contributed by atoms with van der Waals surface area (Å²) in [4.78, 5) is 24.5. The summed E-state index contributed by atoms with van der Waals surface area (Å²) in [7, 11) is 1.61. The molecule has 2 aromatic rings. The Morgan fingerprint density at radius 2 is 1.56 bits per heavy atom. The van der Waals surface area contributed by atoms with Crippen molar-refractivity contribution in [2.75, 3.05) is 7.11 Å². The Morgan fingerprint density at radius 3 is 2.15 bits per heavy atom. The summed E-state index contributed by atoms with van der Waals surface area (Å²) in [5.41, 5.74) is 1.85. The molecule has 0 aliphatic heterocycles. The molecule has 2 aromatic carbocycles. The van der Waals surface area contributed by atoms with Gasteiger partial charge in [0.25, 0.3) is 0 Å². The molecule has 1 aliphatic carbocycles. The van der Waals surface area contributed by atoms with Gasteiger partial charge in [0.05, 0.1) is 25.0 Å². The smallest absolute Gasteiger partial charge is 0.307 e. The zero-order valence-corrected chi connectivity index (χ0v) is 15.2. The first-order chi connectivity index (χ1) is 13.1. The van der Waals surface area contributed by atoms with Crippen LogP contribution in [0.4, 0.5) is 0 Å². The predicted molar refractivity (Wildman–Crippen MR) is 102 cm³/mol. The Hall–Kier alpha value is -3.08. The fourth-order valence-corrected chi connectivity index (χ4v) is 3.43. The molecule has 0 saturated heterocycles. The molecule has 0 unspecified atom stereocenters. The van der Waals surface area contributed by atoms with Crippen LogP contribution in [0.3, 0.4) is 0 Å². The molecule has 27 heavy (non-hydrogen) atoms. The SMILES string of the molecule is COc1ccc([C@H](NC(=O)[C@@H]2CC=CC[C@@H]2C(=O)O)c2ccccc2)cc1. The first kappa shape index (κ1) is 18.7. The number of hydrogen-bond acceptors (Lipinski definition) is 3. The van der Waals surface area contributed by atoms with E-state index in [0.29, 0.717) is 12.8 Å². The van der Waals surface area contributed by atoms with Crippen molar-refractivity contribution in [2.24, 2.45) is 11.8 Å². The molecule has 1 aliphatic rings. The Morgan fingerprint density at radius 1 is 0.963 bits per heavy atom. The van der Waals surface area contributed by atoms with Crippen molar-refractivity contribution >= 4 is 11.9 Å². The second kappa shape index (κ2) is 8.54. The number of aliphatic carboxylic acids is 1. The summed E-state index contributed by atoms with van der Waals surface area (Å²) >= 11 is 0. The van der Waals surface area contributed by atoms with Crippen molar-refractivity contribution in [3.63, 3.8) is 0 Å². The first-order valence-corrected chi connectivity index (χ1v) is 8.97. The van der Waals surface area contributed by atoms with Gasteiger partial charge in [-0.25, -0.2) is 0 Å². The molecule has 3 atom stereocenters. The largest absolute Gasteiger partial charge is 0.497 e. The highest BCUT2D eigenvalue weighted by Gasteiger charge is 2.35. The van der Waals surface area contributed by atoms with Crippen LogP contribution >= 0.6 is 0 Å². The molecule has 2 N–H and O–H groups in total. The third-order valence-electron chi connectivity index (χ3n) is 4.96. The lowest BCUT2D eigenvalue weighted by Crippen LogP contribution is -2.40. The number of nitrogens with one attached hydrogen (secondary N) is 1. The summed E-state index contributed by atoms with van der Waals surface area (Å²) in [6, 6.07) is 16.8. The van der Waals surface area contributed by atoms with Gasteiger partial charge in [0, 0.05) is 0 Å². The van der Waals surface area contributed by atoms with E-state index >= 15 is 0 Å². The molecule has 0 heterocycles. The van der Waals surface area contributed by atoms with E-state index in [0.717, 1.165) is 16.9 Å². The summed E-state index contributed by atoms with van der Waals surface area (Å²) in [5, 5.41) is 12.5. The minimum atomic E-state index is -0.930. The minimum absolute atomic E-state index is 0.239. The van der Waals surface area contributed by atoms with Crippen LogP contribution in [0.15, 0.2) is 66.7 Å². The monoisotopic (exact) mass is 365 g/mol. The van der Waals surface area contributed by atoms with Gasteiger partial charge in [0.1, 0.15) is 5.75 Å². The van der Waals surface area contributed by atoms with Gasteiger partial charge in [-0.2, -0.15) is 0 Å². The molecule has 0 bridgehead atoms. The number of rotatable bonds is 6. The summed E-state index contributed by atoms with van der Waals surface area (Å²) in [6.07, 6.45) is 4.54. The van der Waals surface area contributed by atoms with Crippen LogP contribution in [-0.4, -0.2) is 24.1 Å². The topological polar surface area (TPSA) is 75.6 Å². The van der Waals surface area contributed by atoms with Crippen molar-refractivity contribution in [2.45, 2.75) is 18.9 Å². The van der Waals surface area contributed by atoms with E-state index in [1.807, 2.05) is 66.7 Å². The lowest BCUT2D eigenvalue weighted by Gasteiger charge is -2.27. The van der Waals surface area contributed by atoms with Crippen LogP contribution in [0.2, 0.25) is 0 Å². The Kier molecular flexibility index (Phi) is 5.91. The molecule has 0 fully saturated rings. The number of carboxylic acids is 1. The van der Waals surface area contributed by atoms with E-state index in [4.69, 9.17) is 4.74 Å². The lowest BCUT2D eigenvalue weighted by atomic mass is 9.82. The zero-order chi connectivity index (χ0) is 19.2. The fourth-order valence-electron chi connectivity index (χ4n) is 3.43. The highest BCUT2D eigenvalue weighted by molar-refractivity contribution is 5.85. The maximum absolute atomic E-state index is 13.0. The van der Waals surface area contributed by atoms with Gasteiger partial charge in [-0.15, -0.1) is 0 Å². The number of carboxylic acid groups (broad SMARTS) is 1. The summed E-state index contributed by atoms with van der Waals surface area (Å²) in [5.74, 6) is -1.70. The molecule has 0 radical (unpaired) electrons. The summed E-state index contributed by atoms with van der Waals surface area (Å²) < 4.78 is 5.21. The van der Waals surface area contributed by atoms with E-state index in [9.17, 15) is 14.7 Å². The second-order valence-corrected chi connectivity index (χ2v) is 6.62. The number of carbonyl (C=O) groups is 2. The number of ether oxygens (including phenoxy) is 1. The number of carbonyl (C=O) groups excluding carboxylic acids is 1. The number of methoxy groups -OCH3 is 1. The van der Waals surface area contributed by atoms with Crippen molar-refractivity contribution in [1.82, 2.24) is 5.32 Å². The molecule has 1 amide bonds. The van der Waals surface area contributed by atoms with Gasteiger partial charge in [-0.3, -0.25) is 9.59 Å². The van der Waals surface area contributed by atoms with Crippen LogP contribution < -0.4 is 10.1 Å². The van der Waals surface area contributed by atoms with Crippen LogP contribution in [0.5, 0.6) is 5.75 Å². The second-order valence-electron chi connectivity index (χ2n) is 6.62. The quantitative estimate of drug-likeness (QED) is 0.768. The highest BCUT2D eigenvalue weighted by Crippen LogP contribution is 2.29.